The molecule has 0 bridgehead atoms. The summed E-state index contributed by atoms with van der Waals surface area (Å²) in [7, 11) is 0. The number of H-pyrrole nitrogens is 1. The van der Waals surface area contributed by atoms with Crippen molar-refractivity contribution in [2.24, 2.45) is 0 Å². The predicted octanol–water partition coefficient (Wildman–Crippen LogP) is 1.17. The van der Waals surface area contributed by atoms with Gasteiger partial charge in [0.05, 0.1) is 12.6 Å². The van der Waals surface area contributed by atoms with Crippen molar-refractivity contribution in [3.63, 3.8) is 0 Å². The summed E-state index contributed by atoms with van der Waals surface area (Å²) in [5.41, 5.74) is 0. The van der Waals surface area contributed by atoms with Crippen LogP contribution in [0.4, 0.5) is 0 Å². The summed E-state index contributed by atoms with van der Waals surface area (Å²) in [6.07, 6.45) is 4.96. The van der Waals surface area contributed by atoms with Gasteiger partial charge in [-0.05, 0) is 39.8 Å². The molecule has 0 unspecified atom stereocenters. The van der Waals surface area contributed by atoms with Crippen molar-refractivity contribution in [3.8, 4) is 0 Å². The van der Waals surface area contributed by atoms with Crippen molar-refractivity contribution in [1.29, 1.82) is 0 Å². The lowest BCUT2D eigenvalue weighted by atomic mass is 10.2. The number of aryl methyl sites for hydroxylation is 1. The van der Waals surface area contributed by atoms with Crippen LogP contribution in [0.15, 0.2) is 0 Å². The molecular weight excluding hydrogens is 242 g/mol. The fourth-order valence-electron chi connectivity index (χ4n) is 2.40. The maximum atomic E-state index is 12.0. The number of carbonyl (C=O) groups excluding carboxylic acids is 1. The van der Waals surface area contributed by atoms with Crippen LogP contribution in [0, 0.1) is 6.92 Å². The molecule has 1 saturated heterocycles. The molecule has 0 spiro atoms. The molecule has 0 saturated carbocycles. The van der Waals surface area contributed by atoms with Gasteiger partial charge in [-0.15, -0.1) is 0 Å². The highest BCUT2D eigenvalue weighted by molar-refractivity contribution is 5.78. The van der Waals surface area contributed by atoms with Gasteiger partial charge in [0.15, 0.2) is 5.82 Å². The normalized spacial score (nSPS) is 18.8. The minimum absolute atomic E-state index is 0.0526. The van der Waals surface area contributed by atoms with Crippen molar-refractivity contribution < 1.29 is 4.79 Å². The molecule has 2 heterocycles. The molecule has 1 fully saturated rings. The molecule has 106 valence electrons. The maximum Gasteiger partial charge on any atom is 0.234 e. The average molecular weight is 265 g/mol. The predicted molar refractivity (Wildman–Crippen MR) is 72.6 cm³/mol. The Kier molecular flexibility index (Phi) is 4.90. The van der Waals surface area contributed by atoms with E-state index in [0.717, 1.165) is 18.9 Å². The van der Waals surface area contributed by atoms with Gasteiger partial charge in [-0.1, -0.05) is 12.8 Å². The summed E-state index contributed by atoms with van der Waals surface area (Å²) in [5, 5.41) is 9.81. The number of nitrogens with one attached hydrogen (secondary N) is 2. The van der Waals surface area contributed by atoms with Crippen molar-refractivity contribution >= 4 is 5.91 Å². The van der Waals surface area contributed by atoms with Gasteiger partial charge >= 0.3 is 0 Å². The second-order valence-corrected chi connectivity index (χ2v) is 5.26. The molecule has 2 N–H and O–H groups in total. The molecule has 1 aromatic rings. The molecule has 0 radical (unpaired) electrons. The number of nitrogens with zero attached hydrogens (tertiary/aromatic N) is 3. The Morgan fingerprint density at radius 2 is 2.05 bits per heavy atom. The van der Waals surface area contributed by atoms with Crippen LogP contribution in [0.1, 0.15) is 50.3 Å². The fraction of sp³-hybridized carbons (Fsp3) is 0.769. The van der Waals surface area contributed by atoms with Crippen molar-refractivity contribution in [1.82, 2.24) is 25.4 Å². The zero-order valence-electron chi connectivity index (χ0n) is 11.8. The lowest BCUT2D eigenvalue weighted by molar-refractivity contribution is -0.122. The van der Waals surface area contributed by atoms with E-state index in [0.29, 0.717) is 12.4 Å². The highest BCUT2D eigenvalue weighted by atomic mass is 16.2. The molecule has 1 atom stereocenters. The van der Waals surface area contributed by atoms with Crippen LogP contribution in [0.25, 0.3) is 0 Å². The maximum absolute atomic E-state index is 12.0. The van der Waals surface area contributed by atoms with Crippen LogP contribution in [0.3, 0.4) is 0 Å². The van der Waals surface area contributed by atoms with E-state index >= 15 is 0 Å². The smallest absolute Gasteiger partial charge is 0.234 e. The standard InChI is InChI=1S/C13H23N5O/c1-10(13-15-11(2)16-17-13)14-12(19)9-18-7-5-3-4-6-8-18/h10H,3-9H2,1-2H3,(H,14,19)(H,15,16,17)/t10-/m0/s1. The number of aromatic nitrogens is 3. The van der Waals surface area contributed by atoms with Crippen LogP contribution >= 0.6 is 0 Å². The third-order valence-corrected chi connectivity index (χ3v) is 3.45. The Bertz CT molecular complexity index is 409. The summed E-state index contributed by atoms with van der Waals surface area (Å²) in [5.74, 6) is 1.46. The van der Waals surface area contributed by atoms with Gasteiger partial charge in [-0.3, -0.25) is 14.8 Å². The van der Waals surface area contributed by atoms with Gasteiger partial charge in [-0.2, -0.15) is 5.10 Å². The molecule has 1 aliphatic heterocycles. The largest absolute Gasteiger partial charge is 0.345 e. The molecule has 1 amide bonds. The van der Waals surface area contributed by atoms with E-state index in [1.807, 2.05) is 13.8 Å². The first-order chi connectivity index (χ1) is 9.15. The lowest BCUT2D eigenvalue weighted by Gasteiger charge is -2.20. The number of hydrogen-bond acceptors (Lipinski definition) is 4. The van der Waals surface area contributed by atoms with E-state index in [1.165, 1.54) is 25.7 Å². The van der Waals surface area contributed by atoms with E-state index in [1.54, 1.807) is 0 Å². The molecular formula is C13H23N5O. The molecule has 1 aromatic heterocycles. The number of hydrogen-bond donors (Lipinski definition) is 2. The Morgan fingerprint density at radius 1 is 1.37 bits per heavy atom. The van der Waals surface area contributed by atoms with Gasteiger partial charge < -0.3 is 5.32 Å². The van der Waals surface area contributed by atoms with Gasteiger partial charge in [0, 0.05) is 0 Å². The molecule has 1 aliphatic rings. The van der Waals surface area contributed by atoms with Gasteiger partial charge in [0.25, 0.3) is 0 Å². The fourth-order valence-corrected chi connectivity index (χ4v) is 2.40. The first kappa shape index (κ1) is 14.0. The molecule has 0 aromatic carbocycles. The number of carbonyl (C=O) groups is 1. The van der Waals surface area contributed by atoms with Crippen LogP contribution in [0.5, 0.6) is 0 Å². The first-order valence-corrected chi connectivity index (χ1v) is 7.06. The van der Waals surface area contributed by atoms with Crippen LogP contribution in [0.2, 0.25) is 0 Å². The first-order valence-electron chi connectivity index (χ1n) is 7.06. The van der Waals surface area contributed by atoms with Crippen LogP contribution < -0.4 is 5.32 Å². The quantitative estimate of drug-likeness (QED) is 0.857. The third kappa shape index (κ3) is 4.31. The number of likely N-dealkylation sites (tertiary alicyclic amines) is 1. The zero-order valence-corrected chi connectivity index (χ0v) is 11.8. The Morgan fingerprint density at radius 3 is 2.63 bits per heavy atom. The minimum atomic E-state index is -0.149. The average Bonchev–Trinajstić information content (AvgIpc) is 2.64. The molecule has 6 nitrogen and oxygen atoms in total. The summed E-state index contributed by atoms with van der Waals surface area (Å²) in [4.78, 5) is 18.5. The molecule has 0 aliphatic carbocycles. The van der Waals surface area contributed by atoms with Gasteiger partial charge in [-0.25, -0.2) is 4.98 Å². The molecule has 2 rings (SSSR count). The molecule has 19 heavy (non-hydrogen) atoms. The highest BCUT2D eigenvalue weighted by Gasteiger charge is 2.17. The highest BCUT2D eigenvalue weighted by Crippen LogP contribution is 2.10. The number of rotatable bonds is 4. The number of aromatic amines is 1. The SMILES string of the molecule is Cc1nc([C@H](C)NC(=O)CN2CCCCCC2)n[nH]1. The van der Waals surface area contributed by atoms with E-state index in [2.05, 4.69) is 25.4 Å². The summed E-state index contributed by atoms with van der Waals surface area (Å²) >= 11 is 0. The van der Waals surface area contributed by atoms with Gasteiger partial charge in [0.1, 0.15) is 5.82 Å². The topological polar surface area (TPSA) is 73.9 Å². The van der Waals surface area contributed by atoms with Crippen molar-refractivity contribution in [2.45, 2.75) is 45.6 Å². The van der Waals surface area contributed by atoms with Crippen molar-refractivity contribution in [2.75, 3.05) is 19.6 Å². The summed E-state index contributed by atoms with van der Waals surface area (Å²) in [6.45, 7) is 6.29. The van der Waals surface area contributed by atoms with Crippen LogP contribution in [-0.2, 0) is 4.79 Å². The Labute approximate surface area is 114 Å². The van der Waals surface area contributed by atoms with Gasteiger partial charge in [0.2, 0.25) is 5.91 Å². The second-order valence-electron chi connectivity index (χ2n) is 5.26. The van der Waals surface area contributed by atoms with E-state index in [4.69, 9.17) is 0 Å². The molecule has 6 heteroatoms. The van der Waals surface area contributed by atoms with Crippen LogP contribution in [-0.4, -0.2) is 45.6 Å². The summed E-state index contributed by atoms with van der Waals surface area (Å²) < 4.78 is 0. The van der Waals surface area contributed by atoms with E-state index in [9.17, 15) is 4.79 Å². The Balaban J connectivity index is 1.80. The Hall–Kier alpha value is -1.43. The minimum Gasteiger partial charge on any atom is -0.345 e. The van der Waals surface area contributed by atoms with E-state index in [-0.39, 0.29) is 11.9 Å². The number of amides is 1. The van der Waals surface area contributed by atoms with Crippen molar-refractivity contribution in [3.05, 3.63) is 11.6 Å². The second kappa shape index (κ2) is 6.65. The zero-order chi connectivity index (χ0) is 13.7. The van der Waals surface area contributed by atoms with E-state index < -0.39 is 0 Å². The third-order valence-electron chi connectivity index (χ3n) is 3.45. The summed E-state index contributed by atoms with van der Waals surface area (Å²) in [6, 6.07) is -0.149. The lowest BCUT2D eigenvalue weighted by Crippen LogP contribution is -2.39. The monoisotopic (exact) mass is 265 g/mol.